The van der Waals surface area contributed by atoms with Crippen molar-refractivity contribution >= 4 is 0 Å². The van der Waals surface area contributed by atoms with Crippen molar-refractivity contribution in [1.29, 1.82) is 0 Å². The predicted molar refractivity (Wildman–Crippen MR) is 78.0 cm³/mol. The minimum atomic E-state index is 0.956. The molecule has 0 aliphatic carbocycles. The molecule has 0 aromatic rings. The highest BCUT2D eigenvalue weighted by Gasteiger charge is 1.84. The number of allylic oxidation sites excluding steroid dienone is 3. The standard InChI is InChI=1S/C16H27N/c1-4-6-8-9-12-16(3)13-11-15-17-14-10-7-5-2/h11-13,17H,4-7,10,14-15H2,1-3H3/b13-11-,16-12-. The first-order chi connectivity index (χ1) is 8.31. The number of rotatable bonds is 8. The van der Waals surface area contributed by atoms with Crippen LogP contribution in [0.1, 0.15) is 52.9 Å². The van der Waals surface area contributed by atoms with Crippen LogP contribution in [0, 0.1) is 11.8 Å². The first-order valence-corrected chi connectivity index (χ1v) is 6.83. The third-order valence-corrected chi connectivity index (χ3v) is 2.38. The molecule has 0 aromatic carbocycles. The largest absolute Gasteiger partial charge is 0.313 e. The summed E-state index contributed by atoms with van der Waals surface area (Å²) in [7, 11) is 0. The molecule has 1 N–H and O–H groups in total. The third-order valence-electron chi connectivity index (χ3n) is 2.38. The van der Waals surface area contributed by atoms with Crippen LogP contribution in [0.15, 0.2) is 23.8 Å². The van der Waals surface area contributed by atoms with Crippen LogP contribution in [0.2, 0.25) is 0 Å². The van der Waals surface area contributed by atoms with E-state index >= 15 is 0 Å². The summed E-state index contributed by atoms with van der Waals surface area (Å²) in [5, 5.41) is 3.40. The fraction of sp³-hybridized carbons (Fsp3) is 0.625. The molecule has 0 spiro atoms. The number of nitrogens with one attached hydrogen (secondary N) is 1. The highest BCUT2D eigenvalue weighted by Crippen LogP contribution is 1.94. The van der Waals surface area contributed by atoms with E-state index in [1.54, 1.807) is 0 Å². The molecule has 0 atom stereocenters. The lowest BCUT2D eigenvalue weighted by atomic mass is 10.2. The Balaban J connectivity index is 3.60. The highest BCUT2D eigenvalue weighted by atomic mass is 14.8. The van der Waals surface area contributed by atoms with E-state index in [4.69, 9.17) is 0 Å². The highest BCUT2D eigenvalue weighted by molar-refractivity contribution is 5.27. The van der Waals surface area contributed by atoms with Gasteiger partial charge in [0.2, 0.25) is 0 Å². The van der Waals surface area contributed by atoms with E-state index in [1.165, 1.54) is 24.8 Å². The Morgan fingerprint density at radius 3 is 2.71 bits per heavy atom. The maximum atomic E-state index is 3.40. The lowest BCUT2D eigenvalue weighted by Gasteiger charge is -1.99. The van der Waals surface area contributed by atoms with Gasteiger partial charge in [0, 0.05) is 13.0 Å². The van der Waals surface area contributed by atoms with Crippen LogP contribution in [0.4, 0.5) is 0 Å². The summed E-state index contributed by atoms with van der Waals surface area (Å²) in [5.41, 5.74) is 1.23. The van der Waals surface area contributed by atoms with Crippen molar-refractivity contribution in [2.45, 2.75) is 52.9 Å². The topological polar surface area (TPSA) is 12.0 Å². The van der Waals surface area contributed by atoms with Crippen LogP contribution in [-0.4, -0.2) is 13.1 Å². The molecule has 0 saturated heterocycles. The van der Waals surface area contributed by atoms with Crippen LogP contribution in [-0.2, 0) is 0 Å². The SMILES string of the molecule is CCCC#C/C=C(C)\C=C/CNCCCCC. The van der Waals surface area contributed by atoms with E-state index in [1.807, 2.05) is 6.08 Å². The van der Waals surface area contributed by atoms with Gasteiger partial charge in [0.15, 0.2) is 0 Å². The van der Waals surface area contributed by atoms with Crippen molar-refractivity contribution in [2.75, 3.05) is 13.1 Å². The number of hydrogen-bond acceptors (Lipinski definition) is 1. The van der Waals surface area contributed by atoms with Gasteiger partial charge in [-0.25, -0.2) is 0 Å². The van der Waals surface area contributed by atoms with Gasteiger partial charge in [-0.3, -0.25) is 0 Å². The molecule has 0 aromatic heterocycles. The van der Waals surface area contributed by atoms with E-state index in [2.05, 4.69) is 50.1 Å². The second-order valence-electron chi connectivity index (χ2n) is 4.27. The molecule has 17 heavy (non-hydrogen) atoms. The second kappa shape index (κ2) is 13.1. The summed E-state index contributed by atoms with van der Waals surface area (Å²) in [6.07, 6.45) is 12.3. The van der Waals surface area contributed by atoms with E-state index in [-0.39, 0.29) is 0 Å². The van der Waals surface area contributed by atoms with Gasteiger partial charge in [-0.2, -0.15) is 0 Å². The lowest BCUT2D eigenvalue weighted by Crippen LogP contribution is -2.14. The smallest absolute Gasteiger partial charge is 0.0138 e. The Morgan fingerprint density at radius 1 is 1.18 bits per heavy atom. The molecule has 0 aliphatic rings. The molecule has 0 heterocycles. The van der Waals surface area contributed by atoms with Gasteiger partial charge in [0.1, 0.15) is 0 Å². The summed E-state index contributed by atoms with van der Waals surface area (Å²) in [6, 6.07) is 0. The Hall–Kier alpha value is -1.00. The Bertz CT molecular complexity index is 276. The maximum Gasteiger partial charge on any atom is 0.0138 e. The van der Waals surface area contributed by atoms with Gasteiger partial charge in [0.25, 0.3) is 0 Å². The van der Waals surface area contributed by atoms with Crippen LogP contribution in [0.5, 0.6) is 0 Å². The van der Waals surface area contributed by atoms with Gasteiger partial charge >= 0.3 is 0 Å². The molecule has 0 amide bonds. The summed E-state index contributed by atoms with van der Waals surface area (Å²) < 4.78 is 0. The summed E-state index contributed by atoms with van der Waals surface area (Å²) in [6.45, 7) is 8.55. The van der Waals surface area contributed by atoms with Gasteiger partial charge in [-0.1, -0.05) is 50.7 Å². The fourth-order valence-corrected chi connectivity index (χ4v) is 1.34. The molecule has 0 rings (SSSR count). The minimum absolute atomic E-state index is 0.956. The number of hydrogen-bond donors (Lipinski definition) is 1. The Labute approximate surface area is 107 Å². The molecule has 96 valence electrons. The molecule has 0 bridgehead atoms. The first-order valence-electron chi connectivity index (χ1n) is 6.83. The van der Waals surface area contributed by atoms with Crippen molar-refractivity contribution in [3.63, 3.8) is 0 Å². The average Bonchev–Trinajstić information content (AvgIpc) is 2.33. The predicted octanol–water partition coefficient (Wildman–Crippen LogP) is 4.07. The van der Waals surface area contributed by atoms with Crippen LogP contribution >= 0.6 is 0 Å². The zero-order valence-corrected chi connectivity index (χ0v) is 11.7. The molecular weight excluding hydrogens is 206 g/mol. The van der Waals surface area contributed by atoms with Crippen LogP contribution in [0.3, 0.4) is 0 Å². The Kier molecular flexibility index (Phi) is 12.3. The van der Waals surface area contributed by atoms with Crippen LogP contribution < -0.4 is 5.32 Å². The van der Waals surface area contributed by atoms with Crippen molar-refractivity contribution in [3.8, 4) is 11.8 Å². The van der Waals surface area contributed by atoms with Gasteiger partial charge in [0.05, 0.1) is 0 Å². The third kappa shape index (κ3) is 12.9. The van der Waals surface area contributed by atoms with E-state index in [9.17, 15) is 0 Å². The van der Waals surface area contributed by atoms with Crippen molar-refractivity contribution in [3.05, 3.63) is 23.8 Å². The minimum Gasteiger partial charge on any atom is -0.313 e. The molecule has 1 nitrogen and oxygen atoms in total. The molecule has 1 heteroatoms. The van der Waals surface area contributed by atoms with E-state index in [0.717, 1.165) is 25.9 Å². The lowest BCUT2D eigenvalue weighted by molar-refractivity contribution is 0.646. The van der Waals surface area contributed by atoms with Crippen molar-refractivity contribution in [2.24, 2.45) is 0 Å². The zero-order chi connectivity index (χ0) is 12.8. The monoisotopic (exact) mass is 233 g/mol. The van der Waals surface area contributed by atoms with E-state index < -0.39 is 0 Å². The van der Waals surface area contributed by atoms with Gasteiger partial charge in [-0.15, -0.1) is 0 Å². The fourth-order valence-electron chi connectivity index (χ4n) is 1.34. The summed E-state index contributed by atoms with van der Waals surface area (Å²) >= 11 is 0. The van der Waals surface area contributed by atoms with Crippen molar-refractivity contribution < 1.29 is 0 Å². The van der Waals surface area contributed by atoms with Gasteiger partial charge < -0.3 is 5.32 Å². The molecule has 0 unspecified atom stereocenters. The maximum absolute atomic E-state index is 3.40. The molecule has 0 saturated carbocycles. The summed E-state index contributed by atoms with van der Waals surface area (Å²) in [5.74, 6) is 6.19. The quantitative estimate of drug-likeness (QED) is 0.378. The second-order valence-corrected chi connectivity index (χ2v) is 4.27. The molecule has 0 aliphatic heterocycles. The summed E-state index contributed by atoms with van der Waals surface area (Å²) in [4.78, 5) is 0. The number of unbranched alkanes of at least 4 members (excludes halogenated alkanes) is 3. The Morgan fingerprint density at radius 2 is 2.00 bits per heavy atom. The van der Waals surface area contributed by atoms with E-state index in [0.29, 0.717) is 0 Å². The van der Waals surface area contributed by atoms with Gasteiger partial charge in [-0.05, 0) is 38.0 Å². The first kappa shape index (κ1) is 16.0. The van der Waals surface area contributed by atoms with Crippen LogP contribution in [0.25, 0.3) is 0 Å². The zero-order valence-electron chi connectivity index (χ0n) is 11.7. The molecule has 0 fully saturated rings. The molecular formula is C16H27N. The average molecular weight is 233 g/mol. The normalized spacial score (nSPS) is 11.6. The molecule has 0 radical (unpaired) electrons. The van der Waals surface area contributed by atoms with Crippen molar-refractivity contribution in [1.82, 2.24) is 5.32 Å².